The lowest BCUT2D eigenvalue weighted by atomic mass is 10.1. The molecule has 0 saturated carbocycles. The van der Waals surface area contributed by atoms with Gasteiger partial charge >= 0.3 is 5.97 Å². The van der Waals surface area contributed by atoms with Gasteiger partial charge in [0, 0.05) is 5.56 Å². The van der Waals surface area contributed by atoms with Gasteiger partial charge in [0.2, 0.25) is 5.91 Å². The van der Waals surface area contributed by atoms with Gasteiger partial charge in [-0.25, -0.2) is 0 Å². The number of amides is 1. The number of hydrogen-bond donors (Lipinski definition) is 3. The molecule has 0 bridgehead atoms. The number of carboxylic acid groups (broad SMARTS) is 1. The van der Waals surface area contributed by atoms with E-state index < -0.39 is 18.1 Å². The second-order valence-electron chi connectivity index (χ2n) is 5.16. The number of rotatable bonds is 8. The summed E-state index contributed by atoms with van der Waals surface area (Å²) in [5.74, 6) is -1.51. The van der Waals surface area contributed by atoms with Crippen molar-refractivity contribution in [2.45, 2.75) is 45.7 Å². The lowest BCUT2D eigenvalue weighted by Gasteiger charge is -2.20. The summed E-state index contributed by atoms with van der Waals surface area (Å²) in [6.07, 6.45) is 1.14. The van der Waals surface area contributed by atoms with E-state index in [-0.39, 0.29) is 24.1 Å². The minimum absolute atomic E-state index is 0. The maximum absolute atomic E-state index is 12.2. The SMILES string of the molecule is CCCC(NC(C)C(=O)Nc1ccccc1C(C)=O)C(=O)O.Cl. The lowest BCUT2D eigenvalue weighted by Crippen LogP contribution is -2.47. The van der Waals surface area contributed by atoms with Crippen LogP contribution in [0.3, 0.4) is 0 Å². The van der Waals surface area contributed by atoms with Gasteiger partial charge in [0.1, 0.15) is 6.04 Å². The zero-order chi connectivity index (χ0) is 16.7. The summed E-state index contributed by atoms with van der Waals surface area (Å²) in [4.78, 5) is 34.8. The molecule has 2 unspecified atom stereocenters. The molecule has 0 radical (unpaired) electrons. The van der Waals surface area contributed by atoms with Crippen LogP contribution in [-0.2, 0) is 9.59 Å². The predicted octanol–water partition coefficient (Wildman–Crippen LogP) is 2.48. The Kier molecular flexibility index (Phi) is 9.14. The van der Waals surface area contributed by atoms with Gasteiger partial charge in [-0.2, -0.15) is 0 Å². The Morgan fingerprint density at radius 3 is 2.35 bits per heavy atom. The first-order chi connectivity index (χ1) is 10.4. The van der Waals surface area contributed by atoms with Crippen molar-refractivity contribution in [1.29, 1.82) is 0 Å². The monoisotopic (exact) mass is 342 g/mol. The van der Waals surface area contributed by atoms with E-state index in [9.17, 15) is 14.4 Å². The highest BCUT2D eigenvalue weighted by Gasteiger charge is 2.23. The van der Waals surface area contributed by atoms with Crippen molar-refractivity contribution in [3.8, 4) is 0 Å². The topological polar surface area (TPSA) is 95.5 Å². The number of anilines is 1. The maximum atomic E-state index is 12.2. The van der Waals surface area contributed by atoms with Crippen molar-refractivity contribution in [2.75, 3.05) is 5.32 Å². The van der Waals surface area contributed by atoms with Crippen LogP contribution < -0.4 is 10.6 Å². The summed E-state index contributed by atoms with van der Waals surface area (Å²) in [6.45, 7) is 4.90. The zero-order valence-electron chi connectivity index (χ0n) is 13.5. The van der Waals surface area contributed by atoms with Crippen molar-refractivity contribution < 1.29 is 19.5 Å². The third kappa shape index (κ3) is 6.38. The van der Waals surface area contributed by atoms with Crippen LogP contribution in [0.1, 0.15) is 44.0 Å². The number of hydrogen-bond acceptors (Lipinski definition) is 4. The molecular formula is C16H23ClN2O4. The molecule has 0 fully saturated rings. The van der Waals surface area contributed by atoms with Gasteiger partial charge < -0.3 is 10.4 Å². The predicted molar refractivity (Wildman–Crippen MR) is 91.3 cm³/mol. The van der Waals surface area contributed by atoms with Gasteiger partial charge in [-0.05, 0) is 32.4 Å². The quantitative estimate of drug-likeness (QED) is 0.631. The van der Waals surface area contributed by atoms with E-state index >= 15 is 0 Å². The minimum Gasteiger partial charge on any atom is -0.480 e. The molecule has 0 aliphatic carbocycles. The highest BCUT2D eigenvalue weighted by Crippen LogP contribution is 2.15. The third-order valence-electron chi connectivity index (χ3n) is 3.28. The molecular weight excluding hydrogens is 320 g/mol. The van der Waals surface area contributed by atoms with Gasteiger partial charge in [0.15, 0.2) is 5.78 Å². The Morgan fingerprint density at radius 2 is 1.83 bits per heavy atom. The van der Waals surface area contributed by atoms with Gasteiger partial charge in [-0.15, -0.1) is 12.4 Å². The molecule has 1 aromatic rings. The van der Waals surface area contributed by atoms with Crippen LogP contribution in [0.25, 0.3) is 0 Å². The molecule has 1 aromatic carbocycles. The normalized spacial score (nSPS) is 12.7. The standard InChI is InChI=1S/C16H22N2O4.ClH/c1-4-7-14(16(21)22)17-10(2)15(20)18-13-9-6-5-8-12(13)11(3)19;/h5-6,8-10,14,17H,4,7H2,1-3H3,(H,18,20)(H,21,22);1H. The first-order valence-corrected chi connectivity index (χ1v) is 7.26. The third-order valence-corrected chi connectivity index (χ3v) is 3.28. The van der Waals surface area contributed by atoms with E-state index in [0.29, 0.717) is 24.1 Å². The molecule has 0 aliphatic rings. The summed E-state index contributed by atoms with van der Waals surface area (Å²) in [6, 6.07) is 5.25. The Bertz CT molecular complexity index is 563. The van der Waals surface area contributed by atoms with Crippen LogP contribution in [0.2, 0.25) is 0 Å². The van der Waals surface area contributed by atoms with E-state index in [1.807, 2.05) is 6.92 Å². The van der Waals surface area contributed by atoms with E-state index in [1.165, 1.54) is 6.92 Å². The average molecular weight is 343 g/mol. The Balaban J connectivity index is 0.00000484. The molecule has 0 aromatic heterocycles. The molecule has 1 rings (SSSR count). The molecule has 0 spiro atoms. The number of aliphatic carboxylic acids is 1. The molecule has 1 amide bonds. The molecule has 0 saturated heterocycles. The lowest BCUT2D eigenvalue weighted by molar-refractivity contribution is -0.140. The van der Waals surface area contributed by atoms with Crippen LogP contribution in [-0.4, -0.2) is 34.8 Å². The number of Topliss-reactive ketones (excluding diaryl/α,β-unsaturated/α-hetero) is 1. The van der Waals surface area contributed by atoms with E-state index in [4.69, 9.17) is 5.11 Å². The number of carbonyl (C=O) groups excluding carboxylic acids is 2. The Hall–Kier alpha value is -1.92. The van der Waals surface area contributed by atoms with Gasteiger partial charge in [0.05, 0.1) is 11.7 Å². The number of halogens is 1. The average Bonchev–Trinajstić information content (AvgIpc) is 2.46. The van der Waals surface area contributed by atoms with Crippen molar-refractivity contribution in [2.24, 2.45) is 0 Å². The van der Waals surface area contributed by atoms with Crippen LogP contribution in [0.4, 0.5) is 5.69 Å². The molecule has 3 N–H and O–H groups in total. The van der Waals surface area contributed by atoms with Crippen molar-refractivity contribution >= 4 is 35.8 Å². The molecule has 0 heterocycles. The molecule has 128 valence electrons. The number of ketones is 1. The van der Waals surface area contributed by atoms with E-state index in [1.54, 1.807) is 31.2 Å². The Labute approximate surface area is 142 Å². The molecule has 23 heavy (non-hydrogen) atoms. The van der Waals surface area contributed by atoms with Gasteiger partial charge in [0.25, 0.3) is 0 Å². The van der Waals surface area contributed by atoms with Crippen molar-refractivity contribution in [1.82, 2.24) is 5.32 Å². The van der Waals surface area contributed by atoms with E-state index in [0.717, 1.165) is 0 Å². The summed E-state index contributed by atoms with van der Waals surface area (Å²) in [7, 11) is 0. The number of carboxylic acids is 1. The number of carbonyl (C=O) groups is 3. The first kappa shape index (κ1) is 21.1. The smallest absolute Gasteiger partial charge is 0.320 e. The summed E-state index contributed by atoms with van der Waals surface area (Å²) in [5, 5.41) is 14.6. The number of nitrogens with one attached hydrogen (secondary N) is 2. The maximum Gasteiger partial charge on any atom is 0.320 e. The van der Waals surface area contributed by atoms with E-state index in [2.05, 4.69) is 10.6 Å². The largest absolute Gasteiger partial charge is 0.480 e. The highest BCUT2D eigenvalue weighted by molar-refractivity contribution is 6.04. The number of benzene rings is 1. The summed E-state index contributed by atoms with van der Waals surface area (Å²) >= 11 is 0. The molecule has 6 nitrogen and oxygen atoms in total. The molecule has 7 heteroatoms. The fourth-order valence-corrected chi connectivity index (χ4v) is 2.08. The van der Waals surface area contributed by atoms with Gasteiger partial charge in [-0.3, -0.25) is 19.7 Å². The second kappa shape index (κ2) is 9.97. The molecule has 0 aliphatic heterocycles. The second-order valence-corrected chi connectivity index (χ2v) is 5.16. The summed E-state index contributed by atoms with van der Waals surface area (Å²) < 4.78 is 0. The number of para-hydroxylation sites is 1. The van der Waals surface area contributed by atoms with Crippen LogP contribution in [0, 0.1) is 0 Å². The van der Waals surface area contributed by atoms with Crippen LogP contribution in [0.5, 0.6) is 0 Å². The molecule has 2 atom stereocenters. The van der Waals surface area contributed by atoms with Gasteiger partial charge in [-0.1, -0.05) is 25.5 Å². The van der Waals surface area contributed by atoms with Crippen molar-refractivity contribution in [3.05, 3.63) is 29.8 Å². The first-order valence-electron chi connectivity index (χ1n) is 7.26. The minimum atomic E-state index is -0.981. The van der Waals surface area contributed by atoms with Crippen molar-refractivity contribution in [3.63, 3.8) is 0 Å². The van der Waals surface area contributed by atoms with Crippen LogP contribution >= 0.6 is 12.4 Å². The van der Waals surface area contributed by atoms with Crippen LogP contribution in [0.15, 0.2) is 24.3 Å². The Morgan fingerprint density at radius 1 is 1.22 bits per heavy atom. The highest BCUT2D eigenvalue weighted by atomic mass is 35.5. The summed E-state index contributed by atoms with van der Waals surface area (Å²) in [5.41, 5.74) is 0.849. The zero-order valence-corrected chi connectivity index (χ0v) is 14.3. The fourth-order valence-electron chi connectivity index (χ4n) is 2.08. The fraction of sp³-hybridized carbons (Fsp3) is 0.438.